The molecule has 19 heavy (non-hydrogen) atoms. The zero-order valence-electron chi connectivity index (χ0n) is 10.3. The predicted octanol–water partition coefficient (Wildman–Crippen LogP) is 1.84. The van der Waals surface area contributed by atoms with Crippen LogP contribution in [0.3, 0.4) is 0 Å². The molecule has 1 aromatic carbocycles. The second kappa shape index (κ2) is 6.24. The first-order valence-electron chi connectivity index (χ1n) is 5.70. The van der Waals surface area contributed by atoms with Crippen LogP contribution >= 0.6 is 11.8 Å². The zero-order valence-corrected chi connectivity index (χ0v) is 11.1. The van der Waals surface area contributed by atoms with Crippen molar-refractivity contribution in [2.45, 2.75) is 12.1 Å². The third-order valence-corrected chi connectivity index (χ3v) is 3.13. The van der Waals surface area contributed by atoms with Gasteiger partial charge in [-0.3, -0.25) is 4.79 Å². The molecule has 0 saturated heterocycles. The van der Waals surface area contributed by atoms with Gasteiger partial charge >= 0.3 is 12.0 Å². The maximum absolute atomic E-state index is 10.6. The van der Waals surface area contributed by atoms with Crippen molar-refractivity contribution in [1.82, 2.24) is 14.8 Å². The number of nitrogens with zero attached hydrogens (tertiary/aromatic N) is 3. The molecule has 100 valence electrons. The summed E-state index contributed by atoms with van der Waals surface area (Å²) >= 11 is 1.11. The van der Waals surface area contributed by atoms with E-state index in [4.69, 9.17) is 9.84 Å². The minimum Gasteiger partial charge on any atom is -0.481 e. The average Bonchev–Trinajstić information content (AvgIpc) is 2.81. The standard InChI is InChI=1S/C12H13N3O3S/c1-2-18-11-13-14-12(19-8-10(16)17)15(11)9-6-4-3-5-7-9/h3-7H,2,8H2,1H3,(H,16,17). The van der Waals surface area contributed by atoms with Gasteiger partial charge in [0.1, 0.15) is 0 Å². The first kappa shape index (κ1) is 13.4. The van der Waals surface area contributed by atoms with E-state index in [-0.39, 0.29) is 5.75 Å². The summed E-state index contributed by atoms with van der Waals surface area (Å²) in [6.07, 6.45) is 0. The second-order valence-electron chi connectivity index (χ2n) is 3.55. The molecule has 0 unspecified atom stereocenters. The van der Waals surface area contributed by atoms with Crippen molar-refractivity contribution in [1.29, 1.82) is 0 Å². The lowest BCUT2D eigenvalue weighted by molar-refractivity contribution is -0.133. The Hall–Kier alpha value is -2.02. The Morgan fingerprint density at radius 3 is 2.74 bits per heavy atom. The molecule has 0 spiro atoms. The first-order chi connectivity index (χ1) is 9.22. The van der Waals surface area contributed by atoms with Crippen molar-refractivity contribution in [3.8, 4) is 11.7 Å². The molecule has 0 aliphatic rings. The molecule has 2 aromatic rings. The summed E-state index contributed by atoms with van der Waals surface area (Å²) in [6, 6.07) is 9.81. The Kier molecular flexibility index (Phi) is 4.40. The normalized spacial score (nSPS) is 10.4. The number of benzene rings is 1. The van der Waals surface area contributed by atoms with Gasteiger partial charge in [0.05, 0.1) is 18.0 Å². The van der Waals surface area contributed by atoms with Gasteiger partial charge in [-0.2, -0.15) is 0 Å². The van der Waals surface area contributed by atoms with E-state index >= 15 is 0 Å². The van der Waals surface area contributed by atoms with Gasteiger partial charge < -0.3 is 9.84 Å². The molecule has 0 aliphatic carbocycles. The molecule has 1 heterocycles. The van der Waals surface area contributed by atoms with Gasteiger partial charge in [0.25, 0.3) is 0 Å². The summed E-state index contributed by atoms with van der Waals surface area (Å²) in [7, 11) is 0. The third kappa shape index (κ3) is 3.25. The van der Waals surface area contributed by atoms with Crippen LogP contribution in [0, 0.1) is 0 Å². The van der Waals surface area contributed by atoms with E-state index in [2.05, 4.69) is 10.2 Å². The zero-order chi connectivity index (χ0) is 13.7. The molecule has 2 rings (SSSR count). The smallest absolute Gasteiger partial charge is 0.322 e. The fourth-order valence-corrected chi connectivity index (χ4v) is 2.16. The van der Waals surface area contributed by atoms with Crippen LogP contribution in [0.25, 0.3) is 5.69 Å². The fraction of sp³-hybridized carbons (Fsp3) is 0.250. The lowest BCUT2D eigenvalue weighted by atomic mass is 10.3. The summed E-state index contributed by atoms with van der Waals surface area (Å²) in [6.45, 7) is 2.32. The van der Waals surface area contributed by atoms with Gasteiger partial charge in [0.2, 0.25) is 0 Å². The van der Waals surface area contributed by atoms with E-state index in [9.17, 15) is 4.79 Å². The molecule has 0 amide bonds. The number of hydrogen-bond donors (Lipinski definition) is 1. The van der Waals surface area contributed by atoms with Gasteiger partial charge in [-0.05, 0) is 19.1 Å². The van der Waals surface area contributed by atoms with Gasteiger partial charge in [0.15, 0.2) is 5.16 Å². The molecule has 0 radical (unpaired) electrons. The van der Waals surface area contributed by atoms with Gasteiger partial charge in [-0.15, -0.1) is 5.10 Å². The van der Waals surface area contributed by atoms with E-state index in [1.54, 1.807) is 4.57 Å². The summed E-state index contributed by atoms with van der Waals surface area (Å²) in [5.41, 5.74) is 0.837. The molecule has 1 aromatic heterocycles. The maximum atomic E-state index is 10.6. The van der Waals surface area contributed by atoms with Crippen molar-refractivity contribution in [3.05, 3.63) is 30.3 Å². The van der Waals surface area contributed by atoms with Crippen LogP contribution in [-0.2, 0) is 4.79 Å². The van der Waals surface area contributed by atoms with Crippen LogP contribution < -0.4 is 4.74 Å². The minimum atomic E-state index is -0.898. The number of aliphatic carboxylic acids is 1. The molecular formula is C12H13N3O3S. The largest absolute Gasteiger partial charge is 0.481 e. The number of carbonyl (C=O) groups is 1. The number of aromatic nitrogens is 3. The van der Waals surface area contributed by atoms with Gasteiger partial charge in [-0.25, -0.2) is 4.57 Å². The molecule has 6 nitrogen and oxygen atoms in total. The Labute approximate surface area is 114 Å². The number of para-hydroxylation sites is 1. The summed E-state index contributed by atoms with van der Waals surface area (Å²) in [5.74, 6) is -0.970. The lowest BCUT2D eigenvalue weighted by Crippen LogP contribution is -2.04. The van der Waals surface area contributed by atoms with E-state index in [0.717, 1.165) is 17.4 Å². The number of carboxylic acids is 1. The van der Waals surface area contributed by atoms with Crippen LogP contribution in [0.2, 0.25) is 0 Å². The number of thioether (sulfide) groups is 1. The van der Waals surface area contributed by atoms with Crippen molar-refractivity contribution in [3.63, 3.8) is 0 Å². The Morgan fingerprint density at radius 2 is 2.11 bits per heavy atom. The quantitative estimate of drug-likeness (QED) is 0.813. The summed E-state index contributed by atoms with van der Waals surface area (Å²) in [4.78, 5) is 10.6. The van der Waals surface area contributed by atoms with Crippen molar-refractivity contribution >= 4 is 17.7 Å². The van der Waals surface area contributed by atoms with Crippen molar-refractivity contribution < 1.29 is 14.6 Å². The highest BCUT2D eigenvalue weighted by atomic mass is 32.2. The molecular weight excluding hydrogens is 266 g/mol. The van der Waals surface area contributed by atoms with Gasteiger partial charge in [0, 0.05) is 0 Å². The second-order valence-corrected chi connectivity index (χ2v) is 4.49. The van der Waals surface area contributed by atoms with Crippen LogP contribution in [0.4, 0.5) is 0 Å². The monoisotopic (exact) mass is 279 g/mol. The summed E-state index contributed by atoms with van der Waals surface area (Å²) in [5, 5.41) is 17.1. The van der Waals surface area contributed by atoms with E-state index in [0.29, 0.717) is 17.8 Å². The van der Waals surface area contributed by atoms with E-state index < -0.39 is 5.97 Å². The highest BCUT2D eigenvalue weighted by Crippen LogP contribution is 2.25. The SMILES string of the molecule is CCOc1nnc(SCC(=O)O)n1-c1ccccc1. The highest BCUT2D eigenvalue weighted by Gasteiger charge is 2.16. The fourth-order valence-electron chi connectivity index (χ4n) is 1.50. The number of rotatable bonds is 6. The highest BCUT2D eigenvalue weighted by molar-refractivity contribution is 7.99. The third-order valence-electron chi connectivity index (χ3n) is 2.22. The van der Waals surface area contributed by atoms with Crippen molar-refractivity contribution in [2.24, 2.45) is 0 Å². The lowest BCUT2D eigenvalue weighted by Gasteiger charge is -2.08. The molecule has 0 bridgehead atoms. The van der Waals surface area contributed by atoms with E-state index in [1.807, 2.05) is 37.3 Å². The molecule has 7 heteroatoms. The van der Waals surface area contributed by atoms with Crippen LogP contribution in [0.5, 0.6) is 6.01 Å². The van der Waals surface area contributed by atoms with E-state index in [1.165, 1.54) is 0 Å². The number of carboxylic acid groups (broad SMARTS) is 1. The first-order valence-corrected chi connectivity index (χ1v) is 6.69. The van der Waals surface area contributed by atoms with Gasteiger partial charge in [-0.1, -0.05) is 35.1 Å². The molecule has 0 saturated carbocycles. The van der Waals surface area contributed by atoms with Crippen molar-refractivity contribution in [2.75, 3.05) is 12.4 Å². The number of hydrogen-bond acceptors (Lipinski definition) is 5. The maximum Gasteiger partial charge on any atom is 0.322 e. The predicted molar refractivity (Wildman–Crippen MR) is 70.9 cm³/mol. The molecule has 0 atom stereocenters. The van der Waals surface area contributed by atoms with Crippen LogP contribution in [0.1, 0.15) is 6.92 Å². The average molecular weight is 279 g/mol. The Bertz CT molecular complexity index is 557. The molecule has 0 fully saturated rings. The Balaban J connectivity index is 2.36. The molecule has 1 N–H and O–H groups in total. The minimum absolute atomic E-state index is 0.0723. The topological polar surface area (TPSA) is 77.2 Å². The molecule has 0 aliphatic heterocycles. The Morgan fingerprint density at radius 1 is 1.37 bits per heavy atom. The van der Waals surface area contributed by atoms with Crippen LogP contribution in [0.15, 0.2) is 35.5 Å². The van der Waals surface area contributed by atoms with Crippen LogP contribution in [-0.4, -0.2) is 38.2 Å². The summed E-state index contributed by atoms with van der Waals surface area (Å²) < 4.78 is 7.11. The number of ether oxygens (including phenoxy) is 1.